The molecule has 0 spiro atoms. The number of anilines is 1. The van der Waals surface area contributed by atoms with Gasteiger partial charge in [0, 0.05) is 51.5 Å². The second kappa shape index (κ2) is 8.29. The van der Waals surface area contributed by atoms with E-state index in [1.807, 2.05) is 12.1 Å². The predicted molar refractivity (Wildman–Crippen MR) is 114 cm³/mol. The van der Waals surface area contributed by atoms with Gasteiger partial charge >= 0.3 is 0 Å². The van der Waals surface area contributed by atoms with E-state index in [9.17, 15) is 9.90 Å². The van der Waals surface area contributed by atoms with Gasteiger partial charge in [-0.15, -0.1) is 0 Å². The number of likely N-dealkylation sites (N-methyl/N-ethyl adjacent to an activating group) is 1. The minimum Gasteiger partial charge on any atom is -0.381 e. The first kappa shape index (κ1) is 20.5. The topological polar surface area (TPSA) is 126 Å². The van der Waals surface area contributed by atoms with Gasteiger partial charge in [-0.2, -0.15) is 0 Å². The number of amides is 1. The summed E-state index contributed by atoms with van der Waals surface area (Å²) in [6.45, 7) is 1.92. The Bertz CT molecular complexity index is 1130. The molecule has 10 heteroatoms. The Morgan fingerprint density at radius 3 is 2.62 bits per heavy atom. The molecule has 10 nitrogen and oxygen atoms in total. The lowest BCUT2D eigenvalue weighted by Gasteiger charge is -2.23. The van der Waals surface area contributed by atoms with E-state index in [2.05, 4.69) is 25.4 Å². The number of likely N-dealkylation sites (tertiary alicyclic amines) is 1. The summed E-state index contributed by atoms with van der Waals surface area (Å²) in [5.74, 6) is 0.280. The third-order valence-corrected chi connectivity index (χ3v) is 5.91. The van der Waals surface area contributed by atoms with E-state index in [1.54, 1.807) is 31.4 Å². The highest BCUT2D eigenvalue weighted by molar-refractivity contribution is 5.87. The van der Waals surface area contributed by atoms with E-state index in [-0.39, 0.29) is 18.2 Å². The fourth-order valence-electron chi connectivity index (χ4n) is 3.99. The number of nitrogens with one attached hydrogen (secondary N) is 1. The van der Waals surface area contributed by atoms with E-state index in [4.69, 9.17) is 9.26 Å². The summed E-state index contributed by atoms with van der Waals surface area (Å²) in [7, 11) is 1.65. The van der Waals surface area contributed by atoms with Gasteiger partial charge in [0.1, 0.15) is 5.69 Å². The van der Waals surface area contributed by atoms with Crippen LogP contribution in [-0.2, 0) is 15.1 Å². The summed E-state index contributed by atoms with van der Waals surface area (Å²) in [5.41, 5.74) is 0.630. The standard InChI is InChI=1S/C22H24N6O4/c1-28-10-8-22(30,20(28)29)19-13-18(27-32-19)16-4-2-3-15(25-16)17-5-9-23-21(26-17)24-14-6-11-31-12-7-14/h2-5,9,13-14,30H,6-8,10-12H2,1H3,(H,23,24,26)/t22-/m1/s1. The first-order valence-electron chi connectivity index (χ1n) is 10.6. The Hall–Kier alpha value is -3.37. The monoisotopic (exact) mass is 436 g/mol. The Morgan fingerprint density at radius 1 is 1.12 bits per heavy atom. The number of pyridine rings is 1. The molecule has 0 bridgehead atoms. The lowest BCUT2D eigenvalue weighted by molar-refractivity contribution is -0.144. The highest BCUT2D eigenvalue weighted by atomic mass is 16.5. The predicted octanol–water partition coefficient (Wildman–Crippen LogP) is 1.83. The van der Waals surface area contributed by atoms with Crippen LogP contribution in [0.15, 0.2) is 41.1 Å². The quantitative estimate of drug-likeness (QED) is 0.616. The fourth-order valence-corrected chi connectivity index (χ4v) is 3.99. The Labute approximate surface area is 184 Å². The molecule has 2 aliphatic rings. The zero-order valence-electron chi connectivity index (χ0n) is 17.7. The van der Waals surface area contributed by atoms with Crippen molar-refractivity contribution < 1.29 is 19.2 Å². The van der Waals surface area contributed by atoms with Crippen LogP contribution >= 0.6 is 0 Å². The van der Waals surface area contributed by atoms with Gasteiger partial charge in [-0.05, 0) is 31.0 Å². The number of aliphatic hydroxyl groups is 1. The number of rotatable bonds is 5. The van der Waals surface area contributed by atoms with Crippen LogP contribution < -0.4 is 5.32 Å². The van der Waals surface area contributed by atoms with E-state index in [0.29, 0.717) is 35.3 Å². The number of carbonyl (C=O) groups excluding carboxylic acids is 1. The van der Waals surface area contributed by atoms with Gasteiger partial charge in [-0.1, -0.05) is 11.2 Å². The summed E-state index contributed by atoms with van der Waals surface area (Å²) >= 11 is 0. The van der Waals surface area contributed by atoms with Gasteiger partial charge in [-0.25, -0.2) is 15.0 Å². The Balaban J connectivity index is 1.38. The zero-order chi connectivity index (χ0) is 22.1. The summed E-state index contributed by atoms with van der Waals surface area (Å²) in [6.07, 6.45) is 3.79. The second-order valence-corrected chi connectivity index (χ2v) is 8.12. The SMILES string of the molecule is CN1CC[C@@](O)(c2cc(-c3cccc(-c4ccnc(NC5CCOCC5)n4)n3)no2)C1=O. The minimum atomic E-state index is -1.69. The third kappa shape index (κ3) is 3.82. The van der Waals surface area contributed by atoms with Crippen molar-refractivity contribution in [2.24, 2.45) is 0 Å². The summed E-state index contributed by atoms with van der Waals surface area (Å²) in [5, 5.41) is 18.2. The van der Waals surface area contributed by atoms with Crippen molar-refractivity contribution >= 4 is 11.9 Å². The molecule has 166 valence electrons. The second-order valence-electron chi connectivity index (χ2n) is 8.12. The van der Waals surface area contributed by atoms with Gasteiger partial charge in [0.05, 0.1) is 17.1 Å². The zero-order valence-corrected chi connectivity index (χ0v) is 17.7. The minimum absolute atomic E-state index is 0.124. The maximum Gasteiger partial charge on any atom is 0.262 e. The number of carbonyl (C=O) groups is 1. The number of nitrogens with zero attached hydrogens (tertiary/aromatic N) is 5. The molecule has 32 heavy (non-hydrogen) atoms. The lowest BCUT2D eigenvalue weighted by atomic mass is 9.98. The lowest BCUT2D eigenvalue weighted by Crippen LogP contribution is -2.35. The molecular weight excluding hydrogens is 412 g/mol. The average molecular weight is 436 g/mol. The van der Waals surface area contributed by atoms with E-state index < -0.39 is 11.5 Å². The molecule has 2 saturated heterocycles. The molecule has 5 heterocycles. The van der Waals surface area contributed by atoms with Crippen molar-refractivity contribution in [2.45, 2.75) is 30.9 Å². The van der Waals surface area contributed by atoms with Gasteiger partial charge in [0.25, 0.3) is 5.91 Å². The molecule has 0 aliphatic carbocycles. The van der Waals surface area contributed by atoms with Crippen molar-refractivity contribution in [3.05, 3.63) is 42.3 Å². The smallest absolute Gasteiger partial charge is 0.262 e. The first-order valence-corrected chi connectivity index (χ1v) is 10.6. The molecular formula is C22H24N6O4. The largest absolute Gasteiger partial charge is 0.381 e. The van der Waals surface area contributed by atoms with Crippen molar-refractivity contribution in [1.82, 2.24) is 25.0 Å². The van der Waals surface area contributed by atoms with Gasteiger partial charge in [-0.3, -0.25) is 4.79 Å². The molecule has 0 saturated carbocycles. The van der Waals surface area contributed by atoms with Crippen LogP contribution in [-0.4, -0.2) is 68.9 Å². The molecule has 1 atom stereocenters. The summed E-state index contributed by atoms with van der Waals surface area (Å²) in [6, 6.07) is 9.15. The Morgan fingerprint density at radius 2 is 1.88 bits per heavy atom. The summed E-state index contributed by atoms with van der Waals surface area (Å²) < 4.78 is 10.7. The molecule has 1 amide bonds. The Kier molecular flexibility index (Phi) is 5.32. The molecule has 0 unspecified atom stereocenters. The van der Waals surface area contributed by atoms with Crippen LogP contribution in [0.1, 0.15) is 25.0 Å². The first-order chi connectivity index (χ1) is 15.5. The molecule has 0 aromatic carbocycles. The molecule has 2 fully saturated rings. The molecule has 3 aromatic rings. The normalized spacial score (nSPS) is 21.8. The fraction of sp³-hybridized carbons (Fsp3) is 0.409. The average Bonchev–Trinajstić information content (AvgIpc) is 3.43. The van der Waals surface area contributed by atoms with Gasteiger partial charge in [0.2, 0.25) is 11.5 Å². The van der Waals surface area contributed by atoms with Crippen molar-refractivity contribution in [2.75, 3.05) is 32.1 Å². The number of hydrogen-bond donors (Lipinski definition) is 2. The number of ether oxygens (including phenoxy) is 1. The third-order valence-electron chi connectivity index (χ3n) is 5.91. The molecule has 0 radical (unpaired) electrons. The van der Waals surface area contributed by atoms with Crippen LogP contribution in [0.4, 0.5) is 5.95 Å². The highest BCUT2D eigenvalue weighted by Gasteiger charge is 2.48. The molecule has 3 aromatic heterocycles. The van der Waals surface area contributed by atoms with Crippen molar-refractivity contribution in [1.29, 1.82) is 0 Å². The van der Waals surface area contributed by atoms with Crippen molar-refractivity contribution in [3.63, 3.8) is 0 Å². The van der Waals surface area contributed by atoms with Gasteiger partial charge in [0.15, 0.2) is 5.76 Å². The van der Waals surface area contributed by atoms with Crippen LogP contribution in [0.5, 0.6) is 0 Å². The van der Waals surface area contributed by atoms with Crippen LogP contribution in [0.3, 0.4) is 0 Å². The maximum atomic E-state index is 12.3. The van der Waals surface area contributed by atoms with Crippen molar-refractivity contribution in [3.8, 4) is 22.8 Å². The van der Waals surface area contributed by atoms with Crippen LogP contribution in [0.25, 0.3) is 22.8 Å². The van der Waals surface area contributed by atoms with E-state index in [1.165, 1.54) is 4.90 Å². The van der Waals surface area contributed by atoms with E-state index in [0.717, 1.165) is 26.1 Å². The van der Waals surface area contributed by atoms with E-state index >= 15 is 0 Å². The molecule has 5 rings (SSSR count). The summed E-state index contributed by atoms with van der Waals surface area (Å²) in [4.78, 5) is 27.4. The van der Waals surface area contributed by atoms with Crippen LogP contribution in [0.2, 0.25) is 0 Å². The maximum absolute atomic E-state index is 12.3. The van der Waals surface area contributed by atoms with Gasteiger partial charge < -0.3 is 24.6 Å². The molecule has 2 N–H and O–H groups in total. The molecule has 2 aliphatic heterocycles. The highest BCUT2D eigenvalue weighted by Crippen LogP contribution is 2.34. The number of hydrogen-bond acceptors (Lipinski definition) is 9. The number of aromatic nitrogens is 4. The van der Waals surface area contributed by atoms with Crippen LogP contribution in [0, 0.1) is 0 Å².